The molecule has 1 aliphatic heterocycles. The molecule has 4 heteroatoms. The van der Waals surface area contributed by atoms with Gasteiger partial charge in [-0.15, -0.1) is 23.7 Å². The van der Waals surface area contributed by atoms with Gasteiger partial charge in [-0.3, -0.25) is 4.90 Å². The summed E-state index contributed by atoms with van der Waals surface area (Å²) in [6.45, 7) is 17.2. The van der Waals surface area contributed by atoms with Crippen LogP contribution in [0.15, 0.2) is 23.6 Å². The van der Waals surface area contributed by atoms with E-state index in [0.717, 1.165) is 12.2 Å². The summed E-state index contributed by atoms with van der Waals surface area (Å²) < 4.78 is 0. The summed E-state index contributed by atoms with van der Waals surface area (Å²) in [5.41, 5.74) is 5.48. The van der Waals surface area contributed by atoms with Crippen molar-refractivity contribution in [2.75, 3.05) is 13.1 Å². The number of thiazole rings is 1. The minimum absolute atomic E-state index is 0. The van der Waals surface area contributed by atoms with Crippen molar-refractivity contribution in [1.82, 2.24) is 9.88 Å². The van der Waals surface area contributed by atoms with E-state index in [9.17, 15) is 0 Å². The second kappa shape index (κ2) is 8.63. The number of piperidine rings is 1. The fourth-order valence-electron chi connectivity index (χ4n) is 3.47. The zero-order chi connectivity index (χ0) is 18.9. The quantitative estimate of drug-likeness (QED) is 0.556. The molecule has 0 bridgehead atoms. The van der Waals surface area contributed by atoms with E-state index in [0.29, 0.717) is 0 Å². The van der Waals surface area contributed by atoms with Crippen molar-refractivity contribution in [2.24, 2.45) is 0 Å². The van der Waals surface area contributed by atoms with E-state index in [1.807, 2.05) is 11.3 Å². The second-order valence-corrected chi connectivity index (χ2v) is 10.7. The van der Waals surface area contributed by atoms with Crippen LogP contribution in [0.3, 0.4) is 0 Å². The number of likely N-dealkylation sites (tertiary alicyclic amines) is 1. The molecule has 0 atom stereocenters. The van der Waals surface area contributed by atoms with Gasteiger partial charge in [-0.25, -0.2) is 4.98 Å². The van der Waals surface area contributed by atoms with Crippen LogP contribution in [-0.2, 0) is 17.4 Å². The SMILES string of the molecule is CC(C)(C)c1cc(-c2csc(CN3CCCCC3)n2)cc(C(C)(C)C)c1.Cl. The maximum atomic E-state index is 5.00. The Morgan fingerprint density at radius 1 is 0.889 bits per heavy atom. The van der Waals surface area contributed by atoms with Gasteiger partial charge in [-0.1, -0.05) is 54.0 Å². The molecule has 0 aliphatic carbocycles. The Bertz CT molecular complexity index is 714. The summed E-state index contributed by atoms with van der Waals surface area (Å²) >= 11 is 1.81. The molecule has 0 N–H and O–H groups in total. The fourth-order valence-corrected chi connectivity index (χ4v) is 4.31. The number of nitrogens with zero attached hydrogens (tertiary/aromatic N) is 2. The molecule has 2 aromatic rings. The molecule has 0 unspecified atom stereocenters. The molecule has 1 aromatic carbocycles. The molecule has 2 heterocycles. The molecule has 27 heavy (non-hydrogen) atoms. The average Bonchev–Trinajstić information content (AvgIpc) is 3.02. The van der Waals surface area contributed by atoms with Gasteiger partial charge < -0.3 is 0 Å². The molecule has 1 saturated heterocycles. The highest BCUT2D eigenvalue weighted by atomic mass is 35.5. The van der Waals surface area contributed by atoms with Crippen LogP contribution in [0.4, 0.5) is 0 Å². The van der Waals surface area contributed by atoms with Crippen LogP contribution in [0, 0.1) is 0 Å². The first-order valence-electron chi connectivity index (χ1n) is 9.96. The van der Waals surface area contributed by atoms with Gasteiger partial charge in [0.2, 0.25) is 0 Å². The van der Waals surface area contributed by atoms with Crippen molar-refractivity contribution in [3.05, 3.63) is 39.7 Å². The minimum atomic E-state index is 0. The predicted octanol–water partition coefficient (Wildman–Crippen LogP) is 6.81. The predicted molar refractivity (Wildman–Crippen MR) is 121 cm³/mol. The second-order valence-electron chi connectivity index (χ2n) is 9.76. The van der Waals surface area contributed by atoms with Gasteiger partial charge in [0.15, 0.2) is 0 Å². The number of aromatic nitrogens is 1. The summed E-state index contributed by atoms with van der Waals surface area (Å²) in [5, 5.41) is 3.49. The molecule has 2 nitrogen and oxygen atoms in total. The first-order valence-corrected chi connectivity index (χ1v) is 10.8. The van der Waals surface area contributed by atoms with Crippen LogP contribution in [0.5, 0.6) is 0 Å². The summed E-state index contributed by atoms with van der Waals surface area (Å²) in [6, 6.07) is 7.06. The molecule has 0 spiro atoms. The third-order valence-corrected chi connectivity index (χ3v) is 6.15. The van der Waals surface area contributed by atoms with Gasteiger partial charge in [0.05, 0.1) is 12.2 Å². The summed E-state index contributed by atoms with van der Waals surface area (Å²) in [7, 11) is 0. The zero-order valence-electron chi connectivity index (χ0n) is 17.8. The van der Waals surface area contributed by atoms with E-state index in [1.54, 1.807) is 0 Å². The maximum Gasteiger partial charge on any atom is 0.107 e. The van der Waals surface area contributed by atoms with Crippen molar-refractivity contribution in [2.45, 2.75) is 78.2 Å². The lowest BCUT2D eigenvalue weighted by Crippen LogP contribution is -2.28. The van der Waals surface area contributed by atoms with Crippen LogP contribution in [0.1, 0.15) is 76.9 Å². The highest BCUT2D eigenvalue weighted by Gasteiger charge is 2.21. The van der Waals surface area contributed by atoms with Crippen molar-refractivity contribution in [3.8, 4) is 11.3 Å². The highest BCUT2D eigenvalue weighted by molar-refractivity contribution is 7.09. The minimum Gasteiger partial charge on any atom is -0.297 e. The third kappa shape index (κ3) is 5.79. The number of hydrogen-bond donors (Lipinski definition) is 0. The van der Waals surface area contributed by atoms with E-state index in [1.165, 1.54) is 54.0 Å². The Kier molecular flexibility index (Phi) is 7.16. The van der Waals surface area contributed by atoms with Gasteiger partial charge in [0, 0.05) is 10.9 Å². The van der Waals surface area contributed by atoms with Crippen molar-refractivity contribution < 1.29 is 0 Å². The standard InChI is InChI=1S/C23H34N2S.ClH/c1-22(2,3)18-12-17(13-19(14-18)23(4,5)6)20-16-26-21(24-20)15-25-10-8-7-9-11-25;/h12-14,16H,7-11,15H2,1-6H3;1H. The van der Waals surface area contributed by atoms with Crippen molar-refractivity contribution in [1.29, 1.82) is 0 Å². The smallest absolute Gasteiger partial charge is 0.107 e. The molecule has 1 fully saturated rings. The third-order valence-electron chi connectivity index (χ3n) is 5.32. The number of halogens is 1. The van der Waals surface area contributed by atoms with Crippen LogP contribution < -0.4 is 0 Å². The lowest BCUT2D eigenvalue weighted by Gasteiger charge is -2.26. The zero-order valence-corrected chi connectivity index (χ0v) is 19.4. The molecule has 0 saturated carbocycles. The normalized spacial score (nSPS) is 16.2. The van der Waals surface area contributed by atoms with Gasteiger partial charge in [0.25, 0.3) is 0 Å². The maximum absolute atomic E-state index is 5.00. The molecular formula is C23H35ClN2S. The summed E-state index contributed by atoms with van der Waals surface area (Å²) in [5.74, 6) is 0. The summed E-state index contributed by atoms with van der Waals surface area (Å²) in [6.07, 6.45) is 4.05. The van der Waals surface area contributed by atoms with Crippen molar-refractivity contribution in [3.63, 3.8) is 0 Å². The largest absolute Gasteiger partial charge is 0.297 e. The Morgan fingerprint density at radius 2 is 1.44 bits per heavy atom. The van der Waals surface area contributed by atoms with Gasteiger partial charge in [-0.05, 0) is 60.0 Å². The van der Waals surface area contributed by atoms with Crippen molar-refractivity contribution >= 4 is 23.7 Å². The van der Waals surface area contributed by atoms with E-state index < -0.39 is 0 Å². The average molecular weight is 407 g/mol. The van der Waals surface area contributed by atoms with E-state index in [2.05, 4.69) is 70.0 Å². The van der Waals surface area contributed by atoms with Gasteiger partial charge in [0.1, 0.15) is 5.01 Å². The fraction of sp³-hybridized carbons (Fsp3) is 0.609. The van der Waals surface area contributed by atoms with Gasteiger partial charge in [-0.2, -0.15) is 0 Å². The number of rotatable bonds is 3. The molecule has 0 radical (unpaired) electrons. The van der Waals surface area contributed by atoms with Crippen LogP contribution in [-0.4, -0.2) is 23.0 Å². The monoisotopic (exact) mass is 406 g/mol. The Hall–Kier alpha value is -0.900. The lowest BCUT2D eigenvalue weighted by atomic mass is 9.79. The topological polar surface area (TPSA) is 16.1 Å². The molecule has 150 valence electrons. The number of hydrogen-bond acceptors (Lipinski definition) is 3. The molecule has 3 rings (SSSR count). The van der Waals surface area contributed by atoms with Crippen LogP contribution in [0.25, 0.3) is 11.3 Å². The first-order chi connectivity index (χ1) is 12.1. The van der Waals surface area contributed by atoms with E-state index in [4.69, 9.17) is 4.98 Å². The highest BCUT2D eigenvalue weighted by Crippen LogP contribution is 2.34. The van der Waals surface area contributed by atoms with E-state index in [-0.39, 0.29) is 23.2 Å². The molecule has 1 aliphatic rings. The Morgan fingerprint density at radius 3 is 1.96 bits per heavy atom. The van der Waals surface area contributed by atoms with Crippen LogP contribution >= 0.6 is 23.7 Å². The first kappa shape index (κ1) is 22.4. The lowest BCUT2D eigenvalue weighted by molar-refractivity contribution is 0.220. The number of benzene rings is 1. The van der Waals surface area contributed by atoms with Gasteiger partial charge >= 0.3 is 0 Å². The summed E-state index contributed by atoms with van der Waals surface area (Å²) in [4.78, 5) is 7.55. The molecule has 1 aromatic heterocycles. The molecular weight excluding hydrogens is 372 g/mol. The van der Waals surface area contributed by atoms with E-state index >= 15 is 0 Å². The van der Waals surface area contributed by atoms with Crippen LogP contribution in [0.2, 0.25) is 0 Å². The molecule has 0 amide bonds. The Balaban J connectivity index is 0.00000261. The Labute approximate surface area is 175 Å².